The summed E-state index contributed by atoms with van der Waals surface area (Å²) >= 11 is 1.73. The van der Waals surface area contributed by atoms with Crippen LogP contribution < -0.4 is 10.6 Å². The Morgan fingerprint density at radius 1 is 1.35 bits per heavy atom. The normalized spacial score (nSPS) is 16.9. The molecular formula is C14H21N3O2S. The third kappa shape index (κ3) is 4.31. The van der Waals surface area contributed by atoms with Crippen LogP contribution in [-0.4, -0.2) is 43.4 Å². The number of amides is 2. The molecule has 2 N–H and O–H groups in total. The molecule has 0 atom stereocenters. The highest BCUT2D eigenvalue weighted by molar-refractivity contribution is 7.07. The van der Waals surface area contributed by atoms with E-state index in [0.717, 1.165) is 32.5 Å². The molecule has 0 aliphatic carbocycles. The lowest BCUT2D eigenvalue weighted by atomic mass is 9.96. The molecule has 0 radical (unpaired) electrons. The molecule has 1 aromatic rings. The average Bonchev–Trinajstić information content (AvgIpc) is 2.98. The predicted molar refractivity (Wildman–Crippen MR) is 79.4 cm³/mol. The molecule has 1 fully saturated rings. The molecule has 1 aliphatic rings. The van der Waals surface area contributed by atoms with Gasteiger partial charge in [-0.25, -0.2) is 0 Å². The van der Waals surface area contributed by atoms with Gasteiger partial charge in [0.25, 0.3) is 0 Å². The molecular weight excluding hydrogens is 274 g/mol. The van der Waals surface area contributed by atoms with Crippen LogP contribution in [0.15, 0.2) is 16.8 Å². The first-order chi connectivity index (χ1) is 9.69. The lowest BCUT2D eigenvalue weighted by Crippen LogP contribution is -2.42. The molecule has 0 aromatic carbocycles. The molecule has 0 spiro atoms. The fourth-order valence-corrected chi connectivity index (χ4v) is 3.08. The Labute approximate surface area is 123 Å². The zero-order valence-corrected chi connectivity index (χ0v) is 12.5. The van der Waals surface area contributed by atoms with Crippen molar-refractivity contribution in [1.29, 1.82) is 0 Å². The van der Waals surface area contributed by atoms with Crippen LogP contribution in [0.1, 0.15) is 18.4 Å². The standard InChI is InChI=1S/C14H21N3O2S/c1-15-13(18)14(19)16-8-11-2-5-17(6-3-11)9-12-4-7-20-10-12/h4,7,10-11H,2-3,5-6,8-9H2,1H3,(H,15,18)(H,16,19). The maximum Gasteiger partial charge on any atom is 0.309 e. The fourth-order valence-electron chi connectivity index (χ4n) is 2.42. The van der Waals surface area contributed by atoms with Crippen molar-refractivity contribution in [1.82, 2.24) is 15.5 Å². The zero-order valence-electron chi connectivity index (χ0n) is 11.7. The summed E-state index contributed by atoms with van der Waals surface area (Å²) < 4.78 is 0. The number of likely N-dealkylation sites (N-methyl/N-ethyl adjacent to an activating group) is 1. The molecule has 2 heterocycles. The minimum atomic E-state index is -0.570. The van der Waals surface area contributed by atoms with E-state index >= 15 is 0 Å². The van der Waals surface area contributed by atoms with E-state index in [4.69, 9.17) is 0 Å². The van der Waals surface area contributed by atoms with Gasteiger partial charge in [0, 0.05) is 20.1 Å². The van der Waals surface area contributed by atoms with E-state index in [1.54, 1.807) is 11.3 Å². The minimum absolute atomic E-state index is 0.474. The van der Waals surface area contributed by atoms with Crippen LogP contribution in [0.4, 0.5) is 0 Å². The number of carbonyl (C=O) groups is 2. The summed E-state index contributed by atoms with van der Waals surface area (Å²) in [5, 5.41) is 9.32. The SMILES string of the molecule is CNC(=O)C(=O)NCC1CCN(Cc2ccsc2)CC1. The third-order valence-electron chi connectivity index (χ3n) is 3.68. The molecule has 6 heteroatoms. The van der Waals surface area contributed by atoms with Crippen LogP contribution in [0.25, 0.3) is 0 Å². The van der Waals surface area contributed by atoms with Crippen molar-refractivity contribution in [3.05, 3.63) is 22.4 Å². The Morgan fingerprint density at radius 3 is 2.70 bits per heavy atom. The van der Waals surface area contributed by atoms with Crippen LogP contribution in [0.2, 0.25) is 0 Å². The molecule has 110 valence electrons. The Hall–Kier alpha value is -1.40. The van der Waals surface area contributed by atoms with Crippen LogP contribution in [-0.2, 0) is 16.1 Å². The van der Waals surface area contributed by atoms with E-state index in [1.165, 1.54) is 12.6 Å². The number of rotatable bonds is 4. The topological polar surface area (TPSA) is 61.4 Å². The summed E-state index contributed by atoms with van der Waals surface area (Å²) in [5.74, 6) is -0.629. The summed E-state index contributed by atoms with van der Waals surface area (Å²) in [5.41, 5.74) is 1.38. The summed E-state index contributed by atoms with van der Waals surface area (Å²) in [6, 6.07) is 2.17. The fraction of sp³-hybridized carbons (Fsp3) is 0.571. The van der Waals surface area contributed by atoms with E-state index < -0.39 is 11.8 Å². The smallest absolute Gasteiger partial charge is 0.309 e. The van der Waals surface area contributed by atoms with Crippen molar-refractivity contribution in [2.24, 2.45) is 5.92 Å². The average molecular weight is 295 g/mol. The second kappa shape index (κ2) is 7.40. The zero-order chi connectivity index (χ0) is 14.4. The molecule has 1 aliphatic heterocycles. The van der Waals surface area contributed by atoms with Gasteiger partial charge in [-0.2, -0.15) is 11.3 Å². The van der Waals surface area contributed by atoms with Crippen molar-refractivity contribution in [3.8, 4) is 0 Å². The van der Waals surface area contributed by atoms with Crippen molar-refractivity contribution in [3.63, 3.8) is 0 Å². The maximum absolute atomic E-state index is 11.4. The number of piperidine rings is 1. The van der Waals surface area contributed by atoms with Crippen molar-refractivity contribution in [2.45, 2.75) is 19.4 Å². The lowest BCUT2D eigenvalue weighted by Gasteiger charge is -2.31. The first-order valence-electron chi connectivity index (χ1n) is 6.92. The predicted octanol–water partition coefficient (Wildman–Crippen LogP) is 0.822. The van der Waals surface area contributed by atoms with Gasteiger partial charge in [0.1, 0.15) is 0 Å². The van der Waals surface area contributed by atoms with Gasteiger partial charge in [0.2, 0.25) is 0 Å². The number of carbonyl (C=O) groups excluding carboxylic acids is 2. The second-order valence-corrected chi connectivity index (χ2v) is 5.92. The van der Waals surface area contributed by atoms with Crippen molar-refractivity contribution in [2.75, 3.05) is 26.7 Å². The van der Waals surface area contributed by atoms with Gasteiger partial charge in [0.05, 0.1) is 0 Å². The minimum Gasteiger partial charge on any atom is -0.351 e. The van der Waals surface area contributed by atoms with Crippen LogP contribution in [0.3, 0.4) is 0 Å². The number of hydrogen-bond donors (Lipinski definition) is 2. The molecule has 20 heavy (non-hydrogen) atoms. The summed E-state index contributed by atoms with van der Waals surface area (Å²) in [7, 11) is 1.46. The van der Waals surface area contributed by atoms with Gasteiger partial charge in [-0.05, 0) is 54.2 Å². The highest BCUT2D eigenvalue weighted by Gasteiger charge is 2.20. The Morgan fingerprint density at radius 2 is 2.10 bits per heavy atom. The molecule has 0 unspecified atom stereocenters. The van der Waals surface area contributed by atoms with Gasteiger partial charge in [0.15, 0.2) is 0 Å². The lowest BCUT2D eigenvalue weighted by molar-refractivity contribution is -0.139. The summed E-state index contributed by atoms with van der Waals surface area (Å²) in [6.07, 6.45) is 2.14. The molecule has 0 bridgehead atoms. The molecule has 2 rings (SSSR count). The number of nitrogens with zero attached hydrogens (tertiary/aromatic N) is 1. The molecule has 1 aromatic heterocycles. The van der Waals surface area contributed by atoms with Crippen molar-refractivity contribution >= 4 is 23.2 Å². The second-order valence-electron chi connectivity index (χ2n) is 5.14. The van der Waals surface area contributed by atoms with Crippen LogP contribution in [0, 0.1) is 5.92 Å². The number of likely N-dealkylation sites (tertiary alicyclic amines) is 1. The van der Waals surface area contributed by atoms with E-state index in [2.05, 4.69) is 32.4 Å². The van der Waals surface area contributed by atoms with Gasteiger partial charge in [-0.3, -0.25) is 14.5 Å². The number of nitrogens with one attached hydrogen (secondary N) is 2. The van der Waals surface area contributed by atoms with Gasteiger partial charge < -0.3 is 10.6 Å². The molecule has 1 saturated heterocycles. The maximum atomic E-state index is 11.4. The van der Waals surface area contributed by atoms with Crippen LogP contribution >= 0.6 is 11.3 Å². The first-order valence-corrected chi connectivity index (χ1v) is 7.86. The van der Waals surface area contributed by atoms with Crippen molar-refractivity contribution < 1.29 is 9.59 Å². The number of thiophene rings is 1. The molecule has 0 saturated carbocycles. The third-order valence-corrected chi connectivity index (χ3v) is 4.41. The highest BCUT2D eigenvalue weighted by Crippen LogP contribution is 2.19. The van der Waals surface area contributed by atoms with Gasteiger partial charge in [-0.15, -0.1) is 0 Å². The van der Waals surface area contributed by atoms with E-state index in [-0.39, 0.29) is 0 Å². The Balaban J connectivity index is 1.66. The summed E-state index contributed by atoms with van der Waals surface area (Å²) in [6.45, 7) is 3.71. The molecule has 2 amide bonds. The van der Waals surface area contributed by atoms with Gasteiger partial charge >= 0.3 is 11.8 Å². The van der Waals surface area contributed by atoms with Gasteiger partial charge in [-0.1, -0.05) is 0 Å². The van der Waals surface area contributed by atoms with E-state index in [9.17, 15) is 9.59 Å². The molecule has 5 nitrogen and oxygen atoms in total. The Kier molecular flexibility index (Phi) is 5.55. The monoisotopic (exact) mass is 295 g/mol. The Bertz CT molecular complexity index is 439. The quantitative estimate of drug-likeness (QED) is 0.809. The summed E-state index contributed by atoms with van der Waals surface area (Å²) in [4.78, 5) is 24.9. The van der Waals surface area contributed by atoms with E-state index in [0.29, 0.717) is 12.5 Å². The largest absolute Gasteiger partial charge is 0.351 e. The number of hydrogen-bond acceptors (Lipinski definition) is 4. The van der Waals surface area contributed by atoms with E-state index in [1.807, 2.05) is 0 Å². The highest BCUT2D eigenvalue weighted by atomic mass is 32.1. The first kappa shape index (κ1) is 15.0. The van der Waals surface area contributed by atoms with Crippen LogP contribution in [0.5, 0.6) is 0 Å².